The van der Waals surface area contributed by atoms with Crippen molar-refractivity contribution in [2.45, 2.75) is 45.7 Å². The molecule has 5 nitrogen and oxygen atoms in total. The first-order valence-electron chi connectivity index (χ1n) is 10.1. The van der Waals surface area contributed by atoms with E-state index in [2.05, 4.69) is 10.6 Å². The van der Waals surface area contributed by atoms with Crippen molar-refractivity contribution in [2.24, 2.45) is 0 Å². The Kier molecular flexibility index (Phi) is 6.65. The topological polar surface area (TPSA) is 59.6 Å². The van der Waals surface area contributed by atoms with Crippen molar-refractivity contribution in [3.63, 3.8) is 0 Å². The fourth-order valence-electron chi connectivity index (χ4n) is 3.23. The van der Waals surface area contributed by atoms with Crippen LogP contribution in [0, 0.1) is 5.82 Å². The molecule has 2 aromatic carbocycles. The van der Waals surface area contributed by atoms with Crippen LogP contribution in [0.25, 0.3) is 17.2 Å². The van der Waals surface area contributed by atoms with Crippen molar-refractivity contribution in [1.29, 1.82) is 0 Å². The summed E-state index contributed by atoms with van der Waals surface area (Å²) >= 11 is 0. The van der Waals surface area contributed by atoms with Gasteiger partial charge in [-0.3, -0.25) is 4.79 Å². The number of halogens is 1. The van der Waals surface area contributed by atoms with Crippen molar-refractivity contribution < 1.29 is 18.7 Å². The van der Waals surface area contributed by atoms with E-state index in [1.807, 2.05) is 19.9 Å². The minimum absolute atomic E-state index is 0.0955. The largest absolute Gasteiger partial charge is 0.496 e. The van der Waals surface area contributed by atoms with Crippen LogP contribution in [0.2, 0.25) is 0 Å². The van der Waals surface area contributed by atoms with Gasteiger partial charge in [-0.15, -0.1) is 0 Å². The van der Waals surface area contributed by atoms with Crippen LogP contribution in [-0.2, 0) is 4.79 Å². The Balaban J connectivity index is 1.98. The normalized spacial score (nSPS) is 13.9. The number of ether oxygens (including phenoxy) is 2. The van der Waals surface area contributed by atoms with E-state index in [-0.39, 0.29) is 23.8 Å². The second-order valence-corrected chi connectivity index (χ2v) is 7.86. The van der Waals surface area contributed by atoms with Gasteiger partial charge in [0, 0.05) is 40.0 Å². The number of rotatable bonds is 8. The van der Waals surface area contributed by atoms with Crippen LogP contribution in [0.15, 0.2) is 35.9 Å². The molecule has 0 saturated heterocycles. The van der Waals surface area contributed by atoms with E-state index in [0.717, 1.165) is 12.8 Å². The minimum atomic E-state index is -0.357. The third kappa shape index (κ3) is 5.12. The molecule has 2 N–H and O–H groups in total. The molecule has 1 aliphatic rings. The maximum absolute atomic E-state index is 14.9. The van der Waals surface area contributed by atoms with E-state index in [1.54, 1.807) is 38.3 Å². The second kappa shape index (κ2) is 9.20. The van der Waals surface area contributed by atoms with Crippen molar-refractivity contribution in [2.75, 3.05) is 19.5 Å². The van der Waals surface area contributed by atoms with Gasteiger partial charge in [-0.2, -0.15) is 0 Å². The molecule has 1 aliphatic carbocycles. The molecule has 0 aromatic heterocycles. The fourth-order valence-corrected chi connectivity index (χ4v) is 3.23. The molecule has 0 radical (unpaired) electrons. The van der Waals surface area contributed by atoms with E-state index in [9.17, 15) is 9.18 Å². The summed E-state index contributed by atoms with van der Waals surface area (Å²) in [5.74, 6) is 0.584. The van der Waals surface area contributed by atoms with Crippen LogP contribution in [0.1, 0.15) is 39.2 Å². The van der Waals surface area contributed by atoms with Gasteiger partial charge in [0.15, 0.2) is 0 Å². The molecule has 0 aliphatic heterocycles. The molecule has 1 saturated carbocycles. The van der Waals surface area contributed by atoms with E-state index in [4.69, 9.17) is 9.47 Å². The first-order chi connectivity index (χ1) is 14.3. The molecule has 2 aromatic rings. The maximum Gasteiger partial charge on any atom is 0.247 e. The zero-order valence-corrected chi connectivity index (χ0v) is 18.1. The van der Waals surface area contributed by atoms with Crippen LogP contribution >= 0.6 is 0 Å². The molecule has 6 heteroatoms. The van der Waals surface area contributed by atoms with Gasteiger partial charge in [-0.05, 0) is 70.0 Å². The lowest BCUT2D eigenvalue weighted by molar-refractivity contribution is -0.117. The Bertz CT molecular complexity index is 965. The highest BCUT2D eigenvalue weighted by molar-refractivity contribution is 5.98. The number of benzene rings is 2. The van der Waals surface area contributed by atoms with Gasteiger partial charge in [-0.25, -0.2) is 4.39 Å². The highest BCUT2D eigenvalue weighted by atomic mass is 19.1. The molecule has 0 spiro atoms. The first-order valence-corrected chi connectivity index (χ1v) is 10.1. The van der Waals surface area contributed by atoms with Crippen molar-refractivity contribution >= 4 is 17.7 Å². The fraction of sp³-hybridized carbons (Fsp3) is 0.375. The third-order valence-corrected chi connectivity index (χ3v) is 4.91. The smallest absolute Gasteiger partial charge is 0.247 e. The lowest BCUT2D eigenvalue weighted by Crippen LogP contribution is -2.25. The number of carbonyl (C=O) groups excluding carboxylic acids is 1. The molecular formula is C24H29FN2O3. The van der Waals surface area contributed by atoms with Crippen LogP contribution in [-0.4, -0.2) is 32.2 Å². The predicted octanol–water partition coefficient (Wildman–Crippen LogP) is 5.01. The van der Waals surface area contributed by atoms with Gasteiger partial charge in [0.05, 0.1) is 14.2 Å². The lowest BCUT2D eigenvalue weighted by Gasteiger charge is -2.16. The van der Waals surface area contributed by atoms with Gasteiger partial charge in [0.25, 0.3) is 0 Å². The Morgan fingerprint density at radius 2 is 1.80 bits per heavy atom. The zero-order chi connectivity index (χ0) is 21.8. The third-order valence-electron chi connectivity index (χ3n) is 4.91. The molecule has 3 rings (SSSR count). The number of methoxy groups -OCH3 is 2. The maximum atomic E-state index is 14.9. The summed E-state index contributed by atoms with van der Waals surface area (Å²) < 4.78 is 26.0. The van der Waals surface area contributed by atoms with Crippen LogP contribution in [0.3, 0.4) is 0 Å². The van der Waals surface area contributed by atoms with Crippen molar-refractivity contribution in [3.8, 4) is 22.6 Å². The SMILES string of the molecule is COc1cc(-c2ccc(NC(C)C)cc2F)c(OC)cc1/C=C(\C)C(=O)NC1CC1. The predicted molar refractivity (Wildman–Crippen MR) is 119 cm³/mol. The van der Waals surface area contributed by atoms with Gasteiger partial charge < -0.3 is 20.1 Å². The summed E-state index contributed by atoms with van der Waals surface area (Å²) in [5, 5.41) is 6.16. The molecule has 160 valence electrons. The summed E-state index contributed by atoms with van der Waals surface area (Å²) in [6.07, 6.45) is 3.82. The Morgan fingerprint density at radius 1 is 1.10 bits per heavy atom. The molecule has 0 unspecified atom stereocenters. The van der Waals surface area contributed by atoms with E-state index in [1.165, 1.54) is 13.2 Å². The van der Waals surface area contributed by atoms with E-state index in [0.29, 0.717) is 39.4 Å². The highest BCUT2D eigenvalue weighted by Crippen LogP contribution is 2.39. The molecule has 30 heavy (non-hydrogen) atoms. The average Bonchev–Trinajstić information content (AvgIpc) is 3.51. The van der Waals surface area contributed by atoms with Crippen LogP contribution < -0.4 is 20.1 Å². The number of amides is 1. The summed E-state index contributed by atoms with van der Waals surface area (Å²) in [6, 6.07) is 9.03. The highest BCUT2D eigenvalue weighted by Gasteiger charge is 2.24. The number of carbonyl (C=O) groups is 1. The Hall–Kier alpha value is -3.02. The zero-order valence-electron chi connectivity index (χ0n) is 18.1. The van der Waals surface area contributed by atoms with Crippen molar-refractivity contribution in [1.82, 2.24) is 5.32 Å². The van der Waals surface area contributed by atoms with Crippen LogP contribution in [0.4, 0.5) is 10.1 Å². The van der Waals surface area contributed by atoms with Gasteiger partial charge >= 0.3 is 0 Å². The number of nitrogens with one attached hydrogen (secondary N) is 2. The van der Waals surface area contributed by atoms with Gasteiger partial charge in [0.1, 0.15) is 17.3 Å². The molecule has 1 amide bonds. The van der Waals surface area contributed by atoms with Gasteiger partial charge in [-0.1, -0.05) is 0 Å². The number of hydrogen-bond donors (Lipinski definition) is 2. The van der Waals surface area contributed by atoms with Crippen molar-refractivity contribution in [3.05, 3.63) is 47.3 Å². The van der Waals surface area contributed by atoms with Crippen LogP contribution in [0.5, 0.6) is 11.5 Å². The Labute approximate surface area is 177 Å². The molecule has 0 atom stereocenters. The summed E-state index contributed by atoms with van der Waals surface area (Å²) in [5.41, 5.74) is 2.98. The summed E-state index contributed by atoms with van der Waals surface area (Å²) in [6.45, 7) is 5.76. The van der Waals surface area contributed by atoms with E-state index >= 15 is 0 Å². The second-order valence-electron chi connectivity index (χ2n) is 7.86. The summed E-state index contributed by atoms with van der Waals surface area (Å²) in [4.78, 5) is 12.3. The molecule has 1 fully saturated rings. The lowest BCUT2D eigenvalue weighted by atomic mass is 9.99. The molecule has 0 heterocycles. The molecule has 0 bridgehead atoms. The number of hydrogen-bond acceptors (Lipinski definition) is 4. The molecular weight excluding hydrogens is 383 g/mol. The average molecular weight is 413 g/mol. The minimum Gasteiger partial charge on any atom is -0.496 e. The summed E-state index contributed by atoms with van der Waals surface area (Å²) in [7, 11) is 3.09. The monoisotopic (exact) mass is 412 g/mol. The first kappa shape index (κ1) is 21.7. The Morgan fingerprint density at radius 3 is 2.37 bits per heavy atom. The number of anilines is 1. The van der Waals surface area contributed by atoms with Gasteiger partial charge in [0.2, 0.25) is 5.91 Å². The van der Waals surface area contributed by atoms with E-state index < -0.39 is 0 Å². The quantitative estimate of drug-likeness (QED) is 0.598. The standard InChI is InChI=1S/C24H29FN2O3/c1-14(2)26-18-8-9-19(21(25)12-18)20-13-22(29-4)16(11-23(20)30-5)10-15(3)24(28)27-17-6-7-17/h8-14,17,26H,6-7H2,1-5H3,(H,27,28)/b15-10+.